The highest BCUT2D eigenvalue weighted by Gasteiger charge is 2.28. The summed E-state index contributed by atoms with van der Waals surface area (Å²) in [6, 6.07) is 23.0. The number of amides is 1. The second-order valence-corrected chi connectivity index (χ2v) is 9.36. The van der Waals surface area contributed by atoms with E-state index in [1.165, 1.54) is 12.1 Å². The Hall–Kier alpha value is -4.11. The molecule has 168 valence electrons. The minimum atomic E-state index is -3.83. The standard InChI is InChI=1S/C24H21N3O5S/c1-33(31,32)27(15-21(28)29)18-11-7-10-17(14-18)25-23(16-8-3-2-4-9-16)22-19-12-5-6-13-20(19)26-24(22)30/h2-14,25H,15H2,1H3,(H,26,30)(H,28,29)/b23-22-. The molecule has 1 amide bonds. The first-order chi connectivity index (χ1) is 15.7. The molecule has 33 heavy (non-hydrogen) atoms. The van der Waals surface area contributed by atoms with Crippen LogP contribution in [0.4, 0.5) is 17.1 Å². The zero-order chi connectivity index (χ0) is 23.6. The van der Waals surface area contributed by atoms with E-state index < -0.39 is 22.5 Å². The van der Waals surface area contributed by atoms with Crippen molar-refractivity contribution in [1.82, 2.24) is 0 Å². The molecule has 0 saturated heterocycles. The van der Waals surface area contributed by atoms with E-state index in [1.807, 2.05) is 54.6 Å². The molecular weight excluding hydrogens is 442 g/mol. The highest BCUT2D eigenvalue weighted by molar-refractivity contribution is 7.92. The lowest BCUT2D eigenvalue weighted by Gasteiger charge is -2.22. The van der Waals surface area contributed by atoms with Crippen LogP contribution in [0, 0.1) is 0 Å². The molecule has 3 N–H and O–H groups in total. The van der Waals surface area contributed by atoms with Gasteiger partial charge in [0.1, 0.15) is 6.54 Å². The number of carbonyl (C=O) groups excluding carboxylic acids is 1. The number of para-hydroxylation sites is 1. The largest absolute Gasteiger partial charge is 0.480 e. The lowest BCUT2D eigenvalue weighted by Crippen LogP contribution is -2.34. The third-order valence-electron chi connectivity index (χ3n) is 5.07. The van der Waals surface area contributed by atoms with Crippen molar-refractivity contribution >= 4 is 50.2 Å². The van der Waals surface area contributed by atoms with Crippen LogP contribution in [0.25, 0.3) is 11.3 Å². The maximum atomic E-state index is 12.9. The fourth-order valence-electron chi connectivity index (χ4n) is 3.66. The Labute approximate surface area is 191 Å². The van der Waals surface area contributed by atoms with Gasteiger partial charge in [-0.15, -0.1) is 0 Å². The second kappa shape index (κ2) is 8.79. The number of nitrogens with zero attached hydrogens (tertiary/aromatic N) is 1. The number of fused-ring (bicyclic) bond motifs is 1. The van der Waals surface area contributed by atoms with Gasteiger partial charge in [0.05, 0.1) is 23.2 Å². The molecule has 9 heteroatoms. The molecular formula is C24H21N3O5S. The van der Waals surface area contributed by atoms with Crippen LogP contribution in [-0.2, 0) is 19.6 Å². The van der Waals surface area contributed by atoms with Gasteiger partial charge in [0.25, 0.3) is 5.91 Å². The van der Waals surface area contributed by atoms with Crippen LogP contribution in [0.2, 0.25) is 0 Å². The Bertz CT molecular complexity index is 1370. The van der Waals surface area contributed by atoms with Gasteiger partial charge in [-0.3, -0.25) is 13.9 Å². The number of hydrogen-bond acceptors (Lipinski definition) is 5. The molecule has 0 spiro atoms. The molecule has 3 aromatic rings. The maximum Gasteiger partial charge on any atom is 0.324 e. The summed E-state index contributed by atoms with van der Waals surface area (Å²) in [5.41, 5.74) is 3.89. The summed E-state index contributed by atoms with van der Waals surface area (Å²) >= 11 is 0. The van der Waals surface area contributed by atoms with E-state index in [0.29, 0.717) is 22.6 Å². The summed E-state index contributed by atoms with van der Waals surface area (Å²) in [5.74, 6) is -1.53. The molecule has 0 aromatic heterocycles. The van der Waals surface area contributed by atoms with E-state index in [4.69, 9.17) is 5.11 Å². The van der Waals surface area contributed by atoms with Crippen molar-refractivity contribution in [3.05, 3.63) is 90.0 Å². The Kier molecular flexibility index (Phi) is 5.89. The number of aliphatic carboxylic acids is 1. The number of anilines is 3. The van der Waals surface area contributed by atoms with Crippen molar-refractivity contribution < 1.29 is 23.1 Å². The Balaban J connectivity index is 1.82. The summed E-state index contributed by atoms with van der Waals surface area (Å²) in [7, 11) is -3.83. The molecule has 1 aliphatic rings. The van der Waals surface area contributed by atoms with Crippen LogP contribution in [0.5, 0.6) is 0 Å². The van der Waals surface area contributed by atoms with Crippen LogP contribution >= 0.6 is 0 Å². The van der Waals surface area contributed by atoms with Crippen molar-refractivity contribution in [3.8, 4) is 0 Å². The van der Waals surface area contributed by atoms with E-state index in [2.05, 4.69) is 10.6 Å². The summed E-state index contributed by atoms with van der Waals surface area (Å²) in [6.45, 7) is -0.704. The number of rotatable bonds is 7. The third-order valence-corrected chi connectivity index (χ3v) is 6.21. The van der Waals surface area contributed by atoms with Gasteiger partial charge in [0.2, 0.25) is 10.0 Å². The number of hydrogen-bond donors (Lipinski definition) is 3. The number of nitrogens with one attached hydrogen (secondary N) is 2. The van der Waals surface area contributed by atoms with Gasteiger partial charge in [-0.1, -0.05) is 54.6 Å². The zero-order valence-electron chi connectivity index (χ0n) is 17.6. The van der Waals surface area contributed by atoms with Gasteiger partial charge in [0.15, 0.2) is 0 Å². The molecule has 1 heterocycles. The van der Waals surface area contributed by atoms with Crippen LogP contribution in [0.3, 0.4) is 0 Å². The fraction of sp³-hybridized carbons (Fsp3) is 0.0833. The predicted molar refractivity (Wildman–Crippen MR) is 128 cm³/mol. The number of carboxylic acids is 1. The molecule has 0 bridgehead atoms. The lowest BCUT2D eigenvalue weighted by molar-refractivity contribution is -0.135. The normalized spacial score (nSPS) is 14.3. The van der Waals surface area contributed by atoms with Crippen molar-refractivity contribution in [2.75, 3.05) is 27.7 Å². The van der Waals surface area contributed by atoms with Crippen molar-refractivity contribution in [3.63, 3.8) is 0 Å². The predicted octanol–water partition coefficient (Wildman–Crippen LogP) is 3.47. The van der Waals surface area contributed by atoms with E-state index in [9.17, 15) is 18.0 Å². The van der Waals surface area contributed by atoms with Gasteiger partial charge in [-0.2, -0.15) is 0 Å². The molecule has 0 atom stereocenters. The van der Waals surface area contributed by atoms with Gasteiger partial charge >= 0.3 is 5.97 Å². The topological polar surface area (TPSA) is 116 Å². The first-order valence-corrected chi connectivity index (χ1v) is 11.9. The molecule has 0 saturated carbocycles. The van der Waals surface area contributed by atoms with Gasteiger partial charge < -0.3 is 15.7 Å². The first-order valence-electron chi connectivity index (χ1n) is 10.0. The number of benzene rings is 3. The highest BCUT2D eigenvalue weighted by atomic mass is 32.2. The summed E-state index contributed by atoms with van der Waals surface area (Å²) < 4.78 is 25.2. The fourth-order valence-corrected chi connectivity index (χ4v) is 4.50. The van der Waals surface area contributed by atoms with Crippen molar-refractivity contribution in [2.45, 2.75) is 0 Å². The van der Waals surface area contributed by atoms with Gasteiger partial charge in [-0.25, -0.2) is 8.42 Å². The van der Waals surface area contributed by atoms with E-state index >= 15 is 0 Å². The SMILES string of the molecule is CS(=O)(=O)N(CC(=O)O)c1cccc(N/C(=C2\C(=O)Nc3ccccc32)c2ccccc2)c1. The molecule has 4 rings (SSSR count). The molecule has 8 nitrogen and oxygen atoms in total. The average molecular weight is 464 g/mol. The smallest absolute Gasteiger partial charge is 0.324 e. The average Bonchev–Trinajstić information content (AvgIpc) is 3.11. The molecule has 1 aliphatic heterocycles. The first kappa shape index (κ1) is 22.1. The van der Waals surface area contributed by atoms with Crippen LogP contribution in [0.1, 0.15) is 11.1 Å². The van der Waals surface area contributed by atoms with Gasteiger partial charge in [-0.05, 0) is 29.8 Å². The van der Waals surface area contributed by atoms with E-state index in [-0.39, 0.29) is 11.6 Å². The molecule has 0 radical (unpaired) electrons. The van der Waals surface area contributed by atoms with Crippen LogP contribution in [-0.4, -0.2) is 38.2 Å². The van der Waals surface area contributed by atoms with Gasteiger partial charge in [0, 0.05) is 16.9 Å². The zero-order valence-corrected chi connectivity index (χ0v) is 18.5. The van der Waals surface area contributed by atoms with Crippen molar-refractivity contribution in [1.29, 1.82) is 0 Å². The van der Waals surface area contributed by atoms with Crippen molar-refractivity contribution in [2.24, 2.45) is 0 Å². The summed E-state index contributed by atoms with van der Waals surface area (Å²) in [6.07, 6.45) is 0.952. The third kappa shape index (κ3) is 4.73. The Morgan fingerprint density at radius 3 is 2.39 bits per heavy atom. The number of carboxylic acid groups (broad SMARTS) is 1. The minimum Gasteiger partial charge on any atom is -0.480 e. The molecule has 3 aromatic carbocycles. The lowest BCUT2D eigenvalue weighted by atomic mass is 10.00. The Morgan fingerprint density at radius 2 is 1.70 bits per heavy atom. The number of carbonyl (C=O) groups is 2. The van der Waals surface area contributed by atoms with Crippen LogP contribution < -0.4 is 14.9 Å². The van der Waals surface area contributed by atoms with E-state index in [1.54, 1.807) is 12.1 Å². The Morgan fingerprint density at radius 1 is 1.00 bits per heavy atom. The van der Waals surface area contributed by atoms with Crippen LogP contribution in [0.15, 0.2) is 78.9 Å². The maximum absolute atomic E-state index is 12.9. The summed E-state index contributed by atoms with van der Waals surface area (Å²) in [5, 5.41) is 15.3. The second-order valence-electron chi connectivity index (χ2n) is 7.45. The minimum absolute atomic E-state index is 0.193. The number of sulfonamides is 1. The molecule has 0 fully saturated rings. The quantitative estimate of drug-likeness (QED) is 0.462. The van der Waals surface area contributed by atoms with E-state index in [0.717, 1.165) is 21.7 Å². The summed E-state index contributed by atoms with van der Waals surface area (Å²) in [4.78, 5) is 24.1. The highest BCUT2D eigenvalue weighted by Crippen LogP contribution is 2.37. The molecule has 0 aliphatic carbocycles. The molecule has 0 unspecified atom stereocenters. The monoisotopic (exact) mass is 463 g/mol.